The first-order valence-corrected chi connectivity index (χ1v) is 7.98. The molecule has 0 saturated heterocycles. The van der Waals surface area contributed by atoms with Gasteiger partial charge in [0, 0.05) is 26.7 Å². The van der Waals surface area contributed by atoms with Crippen LogP contribution in [0.25, 0.3) is 0 Å². The third-order valence-electron chi connectivity index (χ3n) is 2.36. The Labute approximate surface area is 111 Å². The number of hydrogen-bond donors (Lipinski definition) is 3. The third kappa shape index (κ3) is 9.23. The van der Waals surface area contributed by atoms with E-state index in [-0.39, 0.29) is 5.75 Å². The van der Waals surface area contributed by atoms with Gasteiger partial charge in [0.25, 0.3) is 0 Å². The molecule has 0 aliphatic carbocycles. The molecule has 108 valence electrons. The Morgan fingerprint density at radius 2 is 1.78 bits per heavy atom. The average Bonchev–Trinajstić information content (AvgIpc) is 2.31. The number of hydrogen-bond acceptors (Lipinski definition) is 3. The predicted octanol–water partition coefficient (Wildman–Crippen LogP) is 0.137. The molecule has 0 aliphatic heterocycles. The molecule has 3 N–H and O–H groups in total. The van der Waals surface area contributed by atoms with E-state index >= 15 is 0 Å². The summed E-state index contributed by atoms with van der Waals surface area (Å²) in [5.74, 6) is 1.45. The normalized spacial score (nSPS) is 12.8. The number of sulfonamides is 1. The molecule has 0 amide bonds. The molecule has 0 rings (SSSR count). The van der Waals surface area contributed by atoms with Gasteiger partial charge < -0.3 is 10.6 Å². The lowest BCUT2D eigenvalue weighted by atomic mass is 10.1. The van der Waals surface area contributed by atoms with E-state index in [1.807, 2.05) is 0 Å². The van der Waals surface area contributed by atoms with Gasteiger partial charge in [-0.2, -0.15) is 0 Å². The second-order valence-corrected chi connectivity index (χ2v) is 6.50. The largest absolute Gasteiger partial charge is 0.356 e. The molecular weight excluding hydrogens is 252 g/mol. The first-order chi connectivity index (χ1) is 8.41. The van der Waals surface area contributed by atoms with Crippen molar-refractivity contribution in [2.24, 2.45) is 10.9 Å². The predicted molar refractivity (Wildman–Crippen MR) is 76.3 cm³/mol. The first-order valence-electron chi connectivity index (χ1n) is 6.33. The maximum Gasteiger partial charge on any atom is 0.211 e. The van der Waals surface area contributed by atoms with Crippen LogP contribution in [0.3, 0.4) is 0 Å². The van der Waals surface area contributed by atoms with Crippen LogP contribution in [0.5, 0.6) is 0 Å². The fraction of sp³-hybridized carbons (Fsp3) is 0.909. The van der Waals surface area contributed by atoms with E-state index in [1.165, 1.54) is 0 Å². The van der Waals surface area contributed by atoms with Gasteiger partial charge in [0.2, 0.25) is 10.0 Å². The van der Waals surface area contributed by atoms with Gasteiger partial charge in [-0.3, -0.25) is 4.99 Å². The summed E-state index contributed by atoms with van der Waals surface area (Å²) in [4.78, 5) is 4.06. The highest BCUT2D eigenvalue weighted by atomic mass is 32.2. The third-order valence-corrected chi connectivity index (χ3v) is 3.76. The van der Waals surface area contributed by atoms with Crippen molar-refractivity contribution in [3.05, 3.63) is 0 Å². The van der Waals surface area contributed by atoms with Gasteiger partial charge in [-0.15, -0.1) is 0 Å². The van der Waals surface area contributed by atoms with Gasteiger partial charge in [0.05, 0.1) is 5.75 Å². The summed E-state index contributed by atoms with van der Waals surface area (Å²) in [5.41, 5.74) is 0. The number of guanidine groups is 1. The molecule has 0 bridgehead atoms. The Kier molecular flexibility index (Phi) is 8.74. The van der Waals surface area contributed by atoms with E-state index in [0.717, 1.165) is 13.0 Å². The molecule has 0 atom stereocenters. The van der Waals surface area contributed by atoms with E-state index in [1.54, 1.807) is 14.0 Å². The van der Waals surface area contributed by atoms with Crippen molar-refractivity contribution >= 4 is 16.0 Å². The van der Waals surface area contributed by atoms with Crippen LogP contribution in [0.15, 0.2) is 4.99 Å². The van der Waals surface area contributed by atoms with Crippen molar-refractivity contribution in [1.82, 2.24) is 15.4 Å². The monoisotopic (exact) mass is 278 g/mol. The topological polar surface area (TPSA) is 82.6 Å². The van der Waals surface area contributed by atoms with E-state index in [0.29, 0.717) is 25.0 Å². The zero-order chi connectivity index (χ0) is 14.0. The van der Waals surface area contributed by atoms with Crippen molar-refractivity contribution in [3.8, 4) is 0 Å². The van der Waals surface area contributed by atoms with Gasteiger partial charge in [-0.05, 0) is 19.3 Å². The van der Waals surface area contributed by atoms with Crippen molar-refractivity contribution in [1.29, 1.82) is 0 Å². The summed E-state index contributed by atoms with van der Waals surface area (Å²) >= 11 is 0. The standard InChI is InChI=1S/C11H26N4O2S/c1-5-18(16,17)15-9-8-14-11(12-4)13-7-6-10(2)3/h10,15H,5-9H2,1-4H3,(H2,12,13,14). The Balaban J connectivity index is 3.76. The maximum absolute atomic E-state index is 11.2. The molecule has 7 heteroatoms. The molecule has 0 aromatic heterocycles. The van der Waals surface area contributed by atoms with Crippen LogP contribution in [0.1, 0.15) is 27.2 Å². The minimum absolute atomic E-state index is 0.106. The number of nitrogens with one attached hydrogen (secondary N) is 3. The number of aliphatic imine (C=N–C) groups is 1. The van der Waals surface area contributed by atoms with Gasteiger partial charge >= 0.3 is 0 Å². The molecule has 0 radical (unpaired) electrons. The minimum atomic E-state index is -3.10. The zero-order valence-corrected chi connectivity index (χ0v) is 12.6. The first kappa shape index (κ1) is 17.2. The highest BCUT2D eigenvalue weighted by Crippen LogP contribution is 1.95. The van der Waals surface area contributed by atoms with Crippen LogP contribution in [0.4, 0.5) is 0 Å². The van der Waals surface area contributed by atoms with E-state index in [9.17, 15) is 8.42 Å². The fourth-order valence-electron chi connectivity index (χ4n) is 1.19. The maximum atomic E-state index is 11.2. The van der Waals surface area contributed by atoms with Crippen LogP contribution >= 0.6 is 0 Å². The molecule has 6 nitrogen and oxygen atoms in total. The van der Waals surface area contributed by atoms with Crippen LogP contribution < -0.4 is 15.4 Å². The summed E-state index contributed by atoms with van der Waals surface area (Å²) in [6.07, 6.45) is 1.07. The molecule has 0 spiro atoms. The quantitative estimate of drug-likeness (QED) is 0.335. The molecular formula is C11H26N4O2S. The van der Waals surface area contributed by atoms with E-state index < -0.39 is 10.0 Å². The molecule has 0 unspecified atom stereocenters. The van der Waals surface area contributed by atoms with Crippen molar-refractivity contribution in [2.45, 2.75) is 27.2 Å². The second kappa shape index (κ2) is 9.16. The fourth-order valence-corrected chi connectivity index (χ4v) is 1.81. The lowest BCUT2D eigenvalue weighted by Gasteiger charge is -2.13. The van der Waals surface area contributed by atoms with Crippen molar-refractivity contribution < 1.29 is 8.42 Å². The average molecular weight is 278 g/mol. The van der Waals surface area contributed by atoms with Gasteiger partial charge in [-0.1, -0.05) is 13.8 Å². The van der Waals surface area contributed by atoms with E-state index in [2.05, 4.69) is 34.2 Å². The lowest BCUT2D eigenvalue weighted by molar-refractivity contribution is 0.571. The second-order valence-electron chi connectivity index (χ2n) is 4.41. The highest BCUT2D eigenvalue weighted by molar-refractivity contribution is 7.89. The Bertz CT molecular complexity index is 339. The molecule has 0 aromatic rings. The van der Waals surface area contributed by atoms with Crippen LogP contribution in [-0.4, -0.2) is 46.8 Å². The Hall–Kier alpha value is -0.820. The van der Waals surface area contributed by atoms with Gasteiger partial charge in [0.15, 0.2) is 5.96 Å². The zero-order valence-electron chi connectivity index (χ0n) is 11.8. The summed E-state index contributed by atoms with van der Waals surface area (Å²) < 4.78 is 24.8. The lowest BCUT2D eigenvalue weighted by Crippen LogP contribution is -2.42. The summed E-state index contributed by atoms with van der Waals surface area (Å²) in [6, 6.07) is 0. The van der Waals surface area contributed by atoms with Crippen molar-refractivity contribution in [2.75, 3.05) is 32.4 Å². The van der Waals surface area contributed by atoms with Crippen LogP contribution in [0, 0.1) is 5.92 Å². The molecule has 0 heterocycles. The van der Waals surface area contributed by atoms with Crippen LogP contribution in [0.2, 0.25) is 0 Å². The summed E-state index contributed by atoms with van der Waals surface area (Å²) in [5, 5.41) is 6.23. The minimum Gasteiger partial charge on any atom is -0.356 e. The Morgan fingerprint density at radius 1 is 1.17 bits per heavy atom. The SMILES string of the molecule is CCS(=O)(=O)NCCNC(=NC)NCCC(C)C. The van der Waals surface area contributed by atoms with E-state index in [4.69, 9.17) is 0 Å². The van der Waals surface area contributed by atoms with Crippen LogP contribution in [-0.2, 0) is 10.0 Å². The molecule has 0 saturated carbocycles. The number of rotatable bonds is 8. The highest BCUT2D eigenvalue weighted by Gasteiger charge is 2.04. The van der Waals surface area contributed by atoms with Gasteiger partial charge in [-0.25, -0.2) is 13.1 Å². The molecule has 18 heavy (non-hydrogen) atoms. The molecule has 0 aliphatic rings. The number of nitrogens with zero attached hydrogens (tertiary/aromatic N) is 1. The molecule has 0 aromatic carbocycles. The molecule has 0 fully saturated rings. The Morgan fingerprint density at radius 3 is 2.28 bits per heavy atom. The van der Waals surface area contributed by atoms with Crippen molar-refractivity contribution in [3.63, 3.8) is 0 Å². The summed E-state index contributed by atoms with van der Waals surface area (Å²) in [7, 11) is -1.41. The smallest absolute Gasteiger partial charge is 0.211 e. The van der Waals surface area contributed by atoms with Gasteiger partial charge in [0.1, 0.15) is 0 Å². The summed E-state index contributed by atoms with van der Waals surface area (Å²) in [6.45, 7) is 7.68.